The number of morpholine rings is 1. The van der Waals surface area contributed by atoms with Crippen molar-refractivity contribution in [2.45, 2.75) is 45.2 Å². The number of imidazole rings is 1. The Balaban J connectivity index is 1.44. The van der Waals surface area contributed by atoms with Crippen molar-refractivity contribution in [3.05, 3.63) is 17.7 Å². The number of carbonyl (C=O) groups is 2. The molecule has 1 aliphatic carbocycles. The number of amides is 2. The van der Waals surface area contributed by atoms with E-state index in [2.05, 4.69) is 4.57 Å². The summed E-state index contributed by atoms with van der Waals surface area (Å²) in [6, 6.07) is -0.0194. The van der Waals surface area contributed by atoms with Crippen LogP contribution >= 0.6 is 0 Å². The molecule has 1 unspecified atom stereocenters. The SMILES string of the molecule is CC1c2nc(CC(=O)N3CCOCC3)cn2CCN1C(=O)C1CCC1. The third-order valence-electron chi connectivity index (χ3n) is 5.71. The van der Waals surface area contributed by atoms with E-state index in [9.17, 15) is 9.59 Å². The molecule has 0 bridgehead atoms. The molecule has 2 aliphatic heterocycles. The summed E-state index contributed by atoms with van der Waals surface area (Å²) in [5.74, 6) is 1.50. The molecule has 25 heavy (non-hydrogen) atoms. The lowest BCUT2D eigenvalue weighted by atomic mass is 9.84. The van der Waals surface area contributed by atoms with Gasteiger partial charge in [-0.15, -0.1) is 0 Å². The second kappa shape index (κ2) is 6.78. The molecule has 1 aromatic heterocycles. The Hall–Kier alpha value is -1.89. The fourth-order valence-electron chi connectivity index (χ4n) is 3.90. The van der Waals surface area contributed by atoms with Crippen LogP contribution in [0.4, 0.5) is 0 Å². The van der Waals surface area contributed by atoms with Crippen LogP contribution in [0.25, 0.3) is 0 Å². The van der Waals surface area contributed by atoms with Gasteiger partial charge in [0.25, 0.3) is 0 Å². The van der Waals surface area contributed by atoms with Gasteiger partial charge in [-0.05, 0) is 19.8 Å². The van der Waals surface area contributed by atoms with E-state index in [1.807, 2.05) is 22.9 Å². The lowest BCUT2D eigenvalue weighted by molar-refractivity contribution is -0.141. The molecule has 0 radical (unpaired) electrons. The number of nitrogens with zero attached hydrogens (tertiary/aromatic N) is 4. The molecular weight excluding hydrogens is 320 g/mol. The number of ether oxygens (including phenoxy) is 1. The van der Waals surface area contributed by atoms with E-state index in [1.165, 1.54) is 6.42 Å². The first kappa shape index (κ1) is 16.6. The summed E-state index contributed by atoms with van der Waals surface area (Å²) >= 11 is 0. The van der Waals surface area contributed by atoms with Crippen LogP contribution < -0.4 is 0 Å². The van der Waals surface area contributed by atoms with Crippen molar-refractivity contribution in [1.82, 2.24) is 19.4 Å². The van der Waals surface area contributed by atoms with Gasteiger partial charge in [0.05, 0.1) is 31.4 Å². The van der Waals surface area contributed by atoms with Gasteiger partial charge in [0.2, 0.25) is 11.8 Å². The zero-order valence-corrected chi connectivity index (χ0v) is 14.8. The number of carbonyl (C=O) groups excluding carboxylic acids is 2. The van der Waals surface area contributed by atoms with Crippen molar-refractivity contribution in [3.8, 4) is 0 Å². The quantitative estimate of drug-likeness (QED) is 0.818. The third kappa shape index (κ3) is 3.17. The fraction of sp³-hybridized carbons (Fsp3) is 0.722. The lowest BCUT2D eigenvalue weighted by Crippen LogP contribution is -2.45. The minimum Gasteiger partial charge on any atom is -0.378 e. The van der Waals surface area contributed by atoms with E-state index in [4.69, 9.17) is 9.72 Å². The summed E-state index contributed by atoms with van der Waals surface area (Å²) in [5, 5.41) is 0. The molecule has 7 heteroatoms. The zero-order valence-electron chi connectivity index (χ0n) is 14.8. The summed E-state index contributed by atoms with van der Waals surface area (Å²) in [6.07, 6.45) is 5.52. The normalized spacial score (nSPS) is 24.0. The smallest absolute Gasteiger partial charge is 0.228 e. The molecule has 1 saturated carbocycles. The molecule has 0 N–H and O–H groups in total. The highest BCUT2D eigenvalue weighted by atomic mass is 16.5. The Bertz CT molecular complexity index is 661. The van der Waals surface area contributed by atoms with Crippen molar-refractivity contribution in [2.24, 2.45) is 5.92 Å². The largest absolute Gasteiger partial charge is 0.378 e. The van der Waals surface area contributed by atoms with Gasteiger partial charge in [0, 0.05) is 38.3 Å². The average Bonchev–Trinajstić information content (AvgIpc) is 2.97. The van der Waals surface area contributed by atoms with Crippen LogP contribution in [0.5, 0.6) is 0 Å². The predicted molar refractivity (Wildman–Crippen MR) is 90.8 cm³/mol. The minimum absolute atomic E-state index is 0.0194. The van der Waals surface area contributed by atoms with Crippen LogP contribution in [0.15, 0.2) is 6.20 Å². The molecule has 1 atom stereocenters. The Labute approximate surface area is 147 Å². The van der Waals surface area contributed by atoms with Crippen LogP contribution in [-0.2, 0) is 27.3 Å². The van der Waals surface area contributed by atoms with Crippen molar-refractivity contribution < 1.29 is 14.3 Å². The van der Waals surface area contributed by atoms with Crippen molar-refractivity contribution >= 4 is 11.8 Å². The van der Waals surface area contributed by atoms with Crippen LogP contribution in [0.2, 0.25) is 0 Å². The topological polar surface area (TPSA) is 67.7 Å². The van der Waals surface area contributed by atoms with Crippen LogP contribution in [-0.4, -0.2) is 64.0 Å². The van der Waals surface area contributed by atoms with E-state index in [-0.39, 0.29) is 23.8 Å². The van der Waals surface area contributed by atoms with E-state index >= 15 is 0 Å². The highest BCUT2D eigenvalue weighted by Crippen LogP contribution is 2.33. The first-order valence-corrected chi connectivity index (χ1v) is 9.35. The third-order valence-corrected chi connectivity index (χ3v) is 5.71. The Morgan fingerprint density at radius 3 is 2.64 bits per heavy atom. The molecule has 136 valence electrons. The highest BCUT2D eigenvalue weighted by molar-refractivity contribution is 5.80. The highest BCUT2D eigenvalue weighted by Gasteiger charge is 2.35. The number of hydrogen-bond donors (Lipinski definition) is 0. The molecule has 4 rings (SSSR count). The zero-order chi connectivity index (χ0) is 17.4. The molecular formula is C18H26N4O3. The lowest BCUT2D eigenvalue weighted by Gasteiger charge is -2.38. The van der Waals surface area contributed by atoms with E-state index in [0.717, 1.165) is 37.4 Å². The molecule has 2 amide bonds. The summed E-state index contributed by atoms with van der Waals surface area (Å²) in [4.78, 5) is 33.5. The summed E-state index contributed by atoms with van der Waals surface area (Å²) in [5.41, 5.74) is 0.802. The number of aromatic nitrogens is 2. The molecule has 0 aromatic carbocycles. The summed E-state index contributed by atoms with van der Waals surface area (Å²) < 4.78 is 7.41. The predicted octanol–water partition coefficient (Wildman–Crippen LogP) is 0.988. The minimum atomic E-state index is -0.0194. The molecule has 1 saturated heterocycles. The molecule has 3 aliphatic rings. The maximum absolute atomic E-state index is 12.6. The van der Waals surface area contributed by atoms with Crippen molar-refractivity contribution in [2.75, 3.05) is 32.8 Å². The molecule has 2 fully saturated rings. The van der Waals surface area contributed by atoms with E-state index in [0.29, 0.717) is 32.7 Å². The van der Waals surface area contributed by atoms with Gasteiger partial charge in [-0.3, -0.25) is 9.59 Å². The fourth-order valence-corrected chi connectivity index (χ4v) is 3.90. The van der Waals surface area contributed by atoms with Gasteiger partial charge in [-0.1, -0.05) is 6.42 Å². The number of rotatable bonds is 3. The van der Waals surface area contributed by atoms with Crippen LogP contribution in [0.1, 0.15) is 43.7 Å². The van der Waals surface area contributed by atoms with Gasteiger partial charge in [-0.2, -0.15) is 0 Å². The van der Waals surface area contributed by atoms with Crippen LogP contribution in [0.3, 0.4) is 0 Å². The first-order valence-electron chi connectivity index (χ1n) is 9.35. The van der Waals surface area contributed by atoms with Gasteiger partial charge >= 0.3 is 0 Å². The standard InChI is InChI=1S/C18H26N4O3/c1-13-17-19-15(11-16(23)20-7-9-25-10-8-20)12-21(17)5-6-22(13)18(24)14-3-2-4-14/h12-14H,2-11H2,1H3. The molecule has 1 aromatic rings. The first-order chi connectivity index (χ1) is 12.1. The van der Waals surface area contributed by atoms with E-state index in [1.54, 1.807) is 0 Å². The molecule has 0 spiro atoms. The molecule has 7 nitrogen and oxygen atoms in total. The molecule has 3 heterocycles. The monoisotopic (exact) mass is 346 g/mol. The maximum Gasteiger partial charge on any atom is 0.228 e. The van der Waals surface area contributed by atoms with E-state index < -0.39 is 0 Å². The Kier molecular flexibility index (Phi) is 4.50. The summed E-state index contributed by atoms with van der Waals surface area (Å²) in [7, 11) is 0. The number of hydrogen-bond acceptors (Lipinski definition) is 4. The van der Waals surface area contributed by atoms with Gasteiger partial charge < -0.3 is 19.1 Å². The maximum atomic E-state index is 12.6. The second-order valence-corrected chi connectivity index (χ2v) is 7.29. The van der Waals surface area contributed by atoms with Gasteiger partial charge in [0.15, 0.2) is 0 Å². The Morgan fingerprint density at radius 1 is 1.20 bits per heavy atom. The second-order valence-electron chi connectivity index (χ2n) is 7.29. The van der Waals surface area contributed by atoms with Gasteiger partial charge in [-0.25, -0.2) is 4.98 Å². The van der Waals surface area contributed by atoms with Crippen LogP contribution in [0, 0.1) is 5.92 Å². The van der Waals surface area contributed by atoms with Gasteiger partial charge in [0.1, 0.15) is 5.82 Å². The van der Waals surface area contributed by atoms with Crippen molar-refractivity contribution in [1.29, 1.82) is 0 Å². The Morgan fingerprint density at radius 2 is 1.96 bits per heavy atom. The van der Waals surface area contributed by atoms with Crippen molar-refractivity contribution in [3.63, 3.8) is 0 Å². The number of fused-ring (bicyclic) bond motifs is 1. The average molecular weight is 346 g/mol. The summed E-state index contributed by atoms with van der Waals surface area (Å²) in [6.45, 7) is 6.08.